The summed E-state index contributed by atoms with van der Waals surface area (Å²) in [4.78, 5) is 3.26. The summed E-state index contributed by atoms with van der Waals surface area (Å²) in [5.74, 6) is 0.519. The number of likely N-dealkylation sites (tertiary alicyclic amines) is 1. The summed E-state index contributed by atoms with van der Waals surface area (Å²) in [6, 6.07) is 3.67. The molecule has 0 bridgehead atoms. The predicted molar refractivity (Wildman–Crippen MR) is 84.2 cm³/mol. The first-order valence-electron chi connectivity index (χ1n) is 6.76. The van der Waals surface area contributed by atoms with E-state index < -0.39 is 10.0 Å². The van der Waals surface area contributed by atoms with Gasteiger partial charge < -0.3 is 4.90 Å². The highest BCUT2D eigenvalue weighted by Crippen LogP contribution is 2.28. The number of halogens is 1. The van der Waals surface area contributed by atoms with Crippen molar-refractivity contribution in [2.24, 2.45) is 0 Å². The van der Waals surface area contributed by atoms with Crippen molar-refractivity contribution in [2.75, 3.05) is 33.1 Å². The number of aryl methyl sites for hydroxylation is 1. The van der Waals surface area contributed by atoms with E-state index in [9.17, 15) is 8.42 Å². The molecule has 20 heavy (non-hydrogen) atoms. The molecule has 0 spiro atoms. The molecule has 0 saturated carbocycles. The normalized spacial score (nSPS) is 18.8. The Morgan fingerprint density at radius 2 is 2.05 bits per heavy atom. The lowest BCUT2D eigenvalue weighted by Gasteiger charge is -2.34. The SMILES string of the molecule is CN1CCC(N(C)S(=O)(=O)c2ccc(CCCl)s2)CC1. The van der Waals surface area contributed by atoms with Crippen LogP contribution in [0.3, 0.4) is 0 Å². The van der Waals surface area contributed by atoms with Crippen molar-refractivity contribution in [3.05, 3.63) is 17.0 Å². The number of nitrogens with zero attached hydrogens (tertiary/aromatic N) is 2. The topological polar surface area (TPSA) is 40.6 Å². The van der Waals surface area contributed by atoms with E-state index in [1.165, 1.54) is 11.3 Å². The lowest BCUT2D eigenvalue weighted by Crippen LogP contribution is -2.44. The van der Waals surface area contributed by atoms with Gasteiger partial charge in [-0.2, -0.15) is 4.31 Å². The Bertz CT molecular complexity index is 536. The lowest BCUT2D eigenvalue weighted by molar-refractivity contribution is 0.198. The van der Waals surface area contributed by atoms with Gasteiger partial charge in [-0.3, -0.25) is 0 Å². The zero-order chi connectivity index (χ0) is 14.8. The quantitative estimate of drug-likeness (QED) is 0.774. The van der Waals surface area contributed by atoms with Gasteiger partial charge in [0.05, 0.1) is 0 Å². The summed E-state index contributed by atoms with van der Waals surface area (Å²) in [6.07, 6.45) is 2.51. The van der Waals surface area contributed by atoms with Crippen LogP contribution in [-0.2, 0) is 16.4 Å². The molecule has 1 aliphatic heterocycles. The van der Waals surface area contributed by atoms with E-state index in [-0.39, 0.29) is 6.04 Å². The number of rotatable bonds is 5. The molecule has 0 unspecified atom stereocenters. The highest BCUT2D eigenvalue weighted by molar-refractivity contribution is 7.91. The minimum absolute atomic E-state index is 0.106. The van der Waals surface area contributed by atoms with Gasteiger partial charge in [-0.15, -0.1) is 22.9 Å². The van der Waals surface area contributed by atoms with Crippen molar-refractivity contribution in [3.8, 4) is 0 Å². The second-order valence-electron chi connectivity index (χ2n) is 5.22. The molecule has 1 fully saturated rings. The summed E-state index contributed by atoms with van der Waals surface area (Å²) in [5, 5.41) is 0. The highest BCUT2D eigenvalue weighted by atomic mass is 35.5. The fraction of sp³-hybridized carbons (Fsp3) is 0.692. The van der Waals surface area contributed by atoms with Crippen LogP contribution in [0.25, 0.3) is 0 Å². The average molecular weight is 337 g/mol. The van der Waals surface area contributed by atoms with Gasteiger partial charge in [-0.25, -0.2) is 8.42 Å². The van der Waals surface area contributed by atoms with Crippen molar-refractivity contribution < 1.29 is 8.42 Å². The van der Waals surface area contributed by atoms with E-state index in [2.05, 4.69) is 11.9 Å². The van der Waals surface area contributed by atoms with Gasteiger partial charge in [0.1, 0.15) is 4.21 Å². The third-order valence-electron chi connectivity index (χ3n) is 3.81. The smallest absolute Gasteiger partial charge is 0.252 e. The average Bonchev–Trinajstić information content (AvgIpc) is 2.88. The van der Waals surface area contributed by atoms with Gasteiger partial charge in [0, 0.05) is 23.8 Å². The van der Waals surface area contributed by atoms with Crippen LogP contribution in [0.1, 0.15) is 17.7 Å². The number of thiophene rings is 1. The Morgan fingerprint density at radius 3 is 2.65 bits per heavy atom. The van der Waals surface area contributed by atoms with Gasteiger partial charge in [0.2, 0.25) is 0 Å². The van der Waals surface area contributed by atoms with Crippen LogP contribution in [0.2, 0.25) is 0 Å². The maximum absolute atomic E-state index is 12.6. The van der Waals surface area contributed by atoms with E-state index in [0.29, 0.717) is 10.1 Å². The summed E-state index contributed by atoms with van der Waals surface area (Å²) in [7, 11) is 0.409. The molecule has 2 rings (SSSR count). The number of sulfonamides is 1. The Morgan fingerprint density at radius 1 is 1.40 bits per heavy atom. The first-order valence-corrected chi connectivity index (χ1v) is 9.55. The summed E-state index contributed by atoms with van der Waals surface area (Å²) >= 11 is 7.03. The lowest BCUT2D eigenvalue weighted by atomic mass is 10.1. The number of hydrogen-bond acceptors (Lipinski definition) is 4. The number of hydrogen-bond donors (Lipinski definition) is 0. The zero-order valence-electron chi connectivity index (χ0n) is 11.9. The Labute approximate surface area is 130 Å². The molecule has 0 radical (unpaired) electrons. The van der Waals surface area contributed by atoms with Crippen molar-refractivity contribution in [1.29, 1.82) is 0 Å². The third kappa shape index (κ3) is 3.54. The number of piperidine rings is 1. The Hall–Kier alpha value is -0.140. The maximum atomic E-state index is 12.6. The van der Waals surface area contributed by atoms with Crippen molar-refractivity contribution in [2.45, 2.75) is 29.5 Å². The third-order valence-corrected chi connectivity index (χ3v) is 7.53. The largest absolute Gasteiger partial charge is 0.306 e. The molecule has 4 nitrogen and oxygen atoms in total. The van der Waals surface area contributed by atoms with E-state index in [4.69, 9.17) is 11.6 Å². The summed E-state index contributed by atoms with van der Waals surface area (Å²) < 4.78 is 27.2. The van der Waals surface area contributed by atoms with E-state index in [1.54, 1.807) is 17.4 Å². The minimum atomic E-state index is -3.36. The molecule has 2 heterocycles. The van der Waals surface area contributed by atoms with Crippen LogP contribution in [0.5, 0.6) is 0 Å². The molecule has 1 aliphatic rings. The summed E-state index contributed by atoms with van der Waals surface area (Å²) in [6.45, 7) is 1.90. The molecule has 7 heteroatoms. The first-order chi connectivity index (χ1) is 9.45. The molecule has 0 atom stereocenters. The minimum Gasteiger partial charge on any atom is -0.306 e. The van der Waals surface area contributed by atoms with Gasteiger partial charge >= 0.3 is 0 Å². The molecule has 0 N–H and O–H groups in total. The Kier molecular flexibility index (Phi) is 5.48. The Balaban J connectivity index is 2.12. The van der Waals surface area contributed by atoms with Gasteiger partial charge in [0.25, 0.3) is 10.0 Å². The first kappa shape index (κ1) is 16.2. The van der Waals surface area contributed by atoms with Crippen LogP contribution >= 0.6 is 22.9 Å². The highest BCUT2D eigenvalue weighted by Gasteiger charge is 2.31. The van der Waals surface area contributed by atoms with E-state index in [0.717, 1.165) is 37.2 Å². The van der Waals surface area contributed by atoms with Crippen molar-refractivity contribution in [1.82, 2.24) is 9.21 Å². The fourth-order valence-electron chi connectivity index (χ4n) is 2.42. The molecular formula is C13H21ClN2O2S2. The van der Waals surface area contributed by atoms with Crippen LogP contribution in [0, 0.1) is 0 Å². The van der Waals surface area contributed by atoms with Crippen molar-refractivity contribution >= 4 is 33.0 Å². The van der Waals surface area contributed by atoms with Gasteiger partial charge in [0.15, 0.2) is 0 Å². The molecule has 0 aliphatic carbocycles. The maximum Gasteiger partial charge on any atom is 0.252 e. The van der Waals surface area contributed by atoms with E-state index in [1.807, 2.05) is 6.07 Å². The molecule has 1 saturated heterocycles. The molecule has 0 amide bonds. The van der Waals surface area contributed by atoms with Gasteiger partial charge in [-0.05, 0) is 51.5 Å². The number of alkyl halides is 1. The molecule has 0 aromatic carbocycles. The molecule has 1 aromatic heterocycles. The van der Waals surface area contributed by atoms with Crippen molar-refractivity contribution in [3.63, 3.8) is 0 Å². The van der Waals surface area contributed by atoms with Crippen LogP contribution in [0.4, 0.5) is 0 Å². The second kappa shape index (κ2) is 6.75. The molecule has 114 valence electrons. The monoisotopic (exact) mass is 336 g/mol. The van der Waals surface area contributed by atoms with Crippen LogP contribution in [-0.4, -0.2) is 56.7 Å². The summed E-state index contributed by atoms with van der Waals surface area (Å²) in [5.41, 5.74) is 0. The molecular weight excluding hydrogens is 316 g/mol. The second-order valence-corrected chi connectivity index (χ2v) is 8.99. The van der Waals surface area contributed by atoms with Gasteiger partial charge in [-0.1, -0.05) is 0 Å². The van der Waals surface area contributed by atoms with Crippen LogP contribution in [0.15, 0.2) is 16.3 Å². The van der Waals surface area contributed by atoms with Crippen LogP contribution < -0.4 is 0 Å². The van der Waals surface area contributed by atoms with E-state index >= 15 is 0 Å². The standard InChI is InChI=1S/C13H21ClN2O2S2/c1-15-9-6-11(7-10-15)16(2)20(17,18)13-4-3-12(19-13)5-8-14/h3-4,11H,5-10H2,1-2H3. The molecule has 1 aromatic rings. The predicted octanol–water partition coefficient (Wildman–Crippen LogP) is 2.24. The fourth-order valence-corrected chi connectivity index (χ4v) is 5.69. The zero-order valence-corrected chi connectivity index (χ0v) is 14.3.